The maximum absolute atomic E-state index is 12.2. The first-order valence-corrected chi connectivity index (χ1v) is 12.8. The Kier molecular flexibility index (Phi) is 8.25. The number of unbranched alkanes of at least 4 members (excludes halogenated alkanes) is 2. The SMILES string of the molecule is Cc1cc(C)c(Cn2c(CCCCCNC(=O)Cc3ccccc3Cl)nc3ccccc32)c(C)c1. The van der Waals surface area contributed by atoms with E-state index in [1.165, 1.54) is 27.8 Å². The van der Waals surface area contributed by atoms with E-state index in [4.69, 9.17) is 16.6 Å². The van der Waals surface area contributed by atoms with Crippen LogP contribution in [0.5, 0.6) is 0 Å². The Labute approximate surface area is 213 Å². The number of hydrogen-bond donors (Lipinski definition) is 1. The zero-order valence-corrected chi connectivity index (χ0v) is 21.7. The van der Waals surface area contributed by atoms with Gasteiger partial charge in [-0.2, -0.15) is 0 Å². The molecule has 182 valence electrons. The second-order valence-electron chi connectivity index (χ2n) is 9.41. The van der Waals surface area contributed by atoms with Crippen LogP contribution in [-0.2, 0) is 24.2 Å². The van der Waals surface area contributed by atoms with Gasteiger partial charge in [0.2, 0.25) is 5.91 Å². The molecule has 0 unspecified atom stereocenters. The fourth-order valence-corrected chi connectivity index (χ4v) is 5.00. The molecule has 0 saturated carbocycles. The number of hydrogen-bond acceptors (Lipinski definition) is 2. The van der Waals surface area contributed by atoms with Crippen molar-refractivity contribution in [2.24, 2.45) is 0 Å². The summed E-state index contributed by atoms with van der Waals surface area (Å²) in [6, 6.07) is 20.4. The van der Waals surface area contributed by atoms with E-state index >= 15 is 0 Å². The third kappa shape index (κ3) is 6.32. The molecule has 1 aromatic heterocycles. The van der Waals surface area contributed by atoms with Gasteiger partial charge >= 0.3 is 0 Å². The van der Waals surface area contributed by atoms with Gasteiger partial charge in [0.25, 0.3) is 0 Å². The molecule has 4 rings (SSSR count). The van der Waals surface area contributed by atoms with Crippen LogP contribution < -0.4 is 5.32 Å². The fourth-order valence-electron chi connectivity index (χ4n) is 4.80. The molecule has 0 aliphatic heterocycles. The highest BCUT2D eigenvalue weighted by Crippen LogP contribution is 2.23. The minimum absolute atomic E-state index is 0.0173. The molecule has 0 fully saturated rings. The molecule has 0 aliphatic rings. The molecule has 5 heteroatoms. The lowest BCUT2D eigenvalue weighted by atomic mass is 9.99. The van der Waals surface area contributed by atoms with Crippen molar-refractivity contribution in [1.29, 1.82) is 0 Å². The van der Waals surface area contributed by atoms with E-state index in [1.807, 2.05) is 24.3 Å². The minimum atomic E-state index is 0.0173. The number of rotatable bonds is 10. The average molecular weight is 488 g/mol. The third-order valence-corrected chi connectivity index (χ3v) is 6.97. The predicted octanol–water partition coefficient (Wildman–Crippen LogP) is 6.73. The monoisotopic (exact) mass is 487 g/mol. The zero-order valence-electron chi connectivity index (χ0n) is 20.9. The maximum atomic E-state index is 12.2. The number of benzene rings is 3. The standard InChI is InChI=1S/C30H34ClN3O/c1-21-17-22(2)25(23(3)18-21)20-34-28-14-9-8-13-27(28)33-29(34)15-5-4-10-16-32-30(35)19-24-11-6-7-12-26(24)31/h6-9,11-14,17-18H,4-5,10,15-16,19-20H2,1-3H3,(H,32,35). The summed E-state index contributed by atoms with van der Waals surface area (Å²) in [5.74, 6) is 1.15. The number of fused-ring (bicyclic) bond motifs is 1. The van der Waals surface area contributed by atoms with Crippen LogP contribution in [0.1, 0.15) is 52.9 Å². The van der Waals surface area contributed by atoms with E-state index in [0.717, 1.165) is 49.1 Å². The quantitative estimate of drug-likeness (QED) is 0.252. The van der Waals surface area contributed by atoms with Crippen LogP contribution in [0.15, 0.2) is 60.7 Å². The van der Waals surface area contributed by atoms with Crippen LogP contribution in [-0.4, -0.2) is 22.0 Å². The average Bonchev–Trinajstić information content (AvgIpc) is 3.17. The molecule has 1 heterocycles. The Morgan fingerprint density at radius 2 is 1.66 bits per heavy atom. The summed E-state index contributed by atoms with van der Waals surface area (Å²) in [6.07, 6.45) is 4.27. The van der Waals surface area contributed by atoms with Crippen molar-refractivity contribution < 1.29 is 4.79 Å². The number of aryl methyl sites for hydroxylation is 4. The molecule has 1 amide bonds. The van der Waals surface area contributed by atoms with Gasteiger partial charge in [0.1, 0.15) is 5.82 Å². The Bertz CT molecular complexity index is 1300. The molecule has 3 aromatic carbocycles. The molecule has 0 aliphatic carbocycles. The second kappa shape index (κ2) is 11.5. The highest BCUT2D eigenvalue weighted by atomic mass is 35.5. The van der Waals surface area contributed by atoms with Gasteiger partial charge in [0, 0.05) is 24.5 Å². The van der Waals surface area contributed by atoms with Crippen LogP contribution in [0.25, 0.3) is 11.0 Å². The molecule has 1 N–H and O–H groups in total. The minimum Gasteiger partial charge on any atom is -0.356 e. The molecular formula is C30H34ClN3O. The molecule has 0 bridgehead atoms. The Morgan fingerprint density at radius 3 is 2.43 bits per heavy atom. The van der Waals surface area contributed by atoms with Crippen LogP contribution in [0, 0.1) is 20.8 Å². The van der Waals surface area contributed by atoms with Gasteiger partial charge < -0.3 is 9.88 Å². The summed E-state index contributed by atoms with van der Waals surface area (Å²) in [5, 5.41) is 3.66. The van der Waals surface area contributed by atoms with Crippen molar-refractivity contribution in [1.82, 2.24) is 14.9 Å². The van der Waals surface area contributed by atoms with Gasteiger partial charge in [-0.1, -0.05) is 66.0 Å². The van der Waals surface area contributed by atoms with Crippen LogP contribution in [0.3, 0.4) is 0 Å². The first-order valence-electron chi connectivity index (χ1n) is 12.4. The summed E-state index contributed by atoms with van der Waals surface area (Å²) >= 11 is 6.16. The van der Waals surface area contributed by atoms with Gasteiger partial charge in [-0.25, -0.2) is 4.98 Å². The summed E-state index contributed by atoms with van der Waals surface area (Å²) < 4.78 is 2.38. The molecule has 0 radical (unpaired) electrons. The van der Waals surface area contributed by atoms with Crippen molar-refractivity contribution >= 4 is 28.5 Å². The van der Waals surface area contributed by atoms with Crippen LogP contribution >= 0.6 is 11.6 Å². The first kappa shape index (κ1) is 25.0. The molecule has 35 heavy (non-hydrogen) atoms. The molecule has 4 nitrogen and oxygen atoms in total. The van der Waals surface area contributed by atoms with Crippen molar-refractivity contribution in [2.75, 3.05) is 6.54 Å². The molecule has 0 atom stereocenters. The van der Waals surface area contributed by atoms with Gasteiger partial charge in [-0.05, 0) is 74.1 Å². The summed E-state index contributed by atoms with van der Waals surface area (Å²) in [4.78, 5) is 17.2. The van der Waals surface area contributed by atoms with Crippen molar-refractivity contribution in [2.45, 2.75) is 59.4 Å². The largest absolute Gasteiger partial charge is 0.356 e. The number of para-hydroxylation sites is 2. The predicted molar refractivity (Wildman–Crippen MR) is 145 cm³/mol. The molecule has 0 spiro atoms. The number of imidazole rings is 1. The number of amides is 1. The lowest BCUT2D eigenvalue weighted by molar-refractivity contribution is -0.120. The smallest absolute Gasteiger partial charge is 0.224 e. The van der Waals surface area contributed by atoms with Gasteiger partial charge in [-0.15, -0.1) is 0 Å². The highest BCUT2D eigenvalue weighted by Gasteiger charge is 2.13. The topological polar surface area (TPSA) is 46.9 Å². The highest BCUT2D eigenvalue weighted by molar-refractivity contribution is 6.31. The Morgan fingerprint density at radius 1 is 0.943 bits per heavy atom. The number of aromatic nitrogens is 2. The number of carbonyl (C=O) groups excluding carboxylic acids is 1. The molecule has 4 aromatic rings. The Hall–Kier alpha value is -3.11. The first-order chi connectivity index (χ1) is 16.9. The van der Waals surface area contributed by atoms with E-state index < -0.39 is 0 Å². The van der Waals surface area contributed by atoms with E-state index in [2.05, 4.69) is 67.1 Å². The van der Waals surface area contributed by atoms with Crippen LogP contribution in [0.4, 0.5) is 0 Å². The molecular weight excluding hydrogens is 454 g/mol. The number of nitrogens with one attached hydrogen (secondary N) is 1. The van der Waals surface area contributed by atoms with Crippen LogP contribution in [0.2, 0.25) is 5.02 Å². The van der Waals surface area contributed by atoms with E-state index in [9.17, 15) is 4.79 Å². The number of nitrogens with zero attached hydrogens (tertiary/aromatic N) is 2. The van der Waals surface area contributed by atoms with Gasteiger partial charge in [0.15, 0.2) is 0 Å². The summed E-state index contributed by atoms with van der Waals surface area (Å²) in [6.45, 7) is 8.08. The maximum Gasteiger partial charge on any atom is 0.224 e. The lowest BCUT2D eigenvalue weighted by Gasteiger charge is -2.15. The third-order valence-electron chi connectivity index (χ3n) is 6.60. The van der Waals surface area contributed by atoms with Gasteiger partial charge in [-0.3, -0.25) is 4.79 Å². The second-order valence-corrected chi connectivity index (χ2v) is 9.82. The molecule has 0 saturated heterocycles. The lowest BCUT2D eigenvalue weighted by Crippen LogP contribution is -2.26. The summed E-state index contributed by atoms with van der Waals surface area (Å²) in [5.41, 5.74) is 8.45. The fraction of sp³-hybridized carbons (Fsp3) is 0.333. The van der Waals surface area contributed by atoms with Crippen molar-refractivity contribution in [3.63, 3.8) is 0 Å². The Balaban J connectivity index is 1.33. The van der Waals surface area contributed by atoms with Crippen molar-refractivity contribution in [3.05, 3.63) is 99.3 Å². The van der Waals surface area contributed by atoms with Gasteiger partial charge in [0.05, 0.1) is 17.5 Å². The number of carbonyl (C=O) groups is 1. The number of halogens is 1. The summed E-state index contributed by atoms with van der Waals surface area (Å²) in [7, 11) is 0. The van der Waals surface area contributed by atoms with Crippen molar-refractivity contribution in [3.8, 4) is 0 Å². The zero-order chi connectivity index (χ0) is 24.8. The van der Waals surface area contributed by atoms with E-state index in [-0.39, 0.29) is 5.91 Å². The van der Waals surface area contributed by atoms with E-state index in [0.29, 0.717) is 18.0 Å². The normalized spacial score (nSPS) is 11.2. The van der Waals surface area contributed by atoms with E-state index in [1.54, 1.807) is 0 Å².